The van der Waals surface area contributed by atoms with Crippen molar-refractivity contribution in [3.8, 4) is 5.75 Å². The largest absolute Gasteiger partial charge is 0.483 e. The van der Waals surface area contributed by atoms with Crippen LogP contribution in [0, 0.1) is 0 Å². The van der Waals surface area contributed by atoms with Gasteiger partial charge in [-0.15, -0.1) is 0 Å². The lowest BCUT2D eigenvalue weighted by atomic mass is 10.1. The number of morpholine rings is 1. The molecule has 1 aliphatic heterocycles. The van der Waals surface area contributed by atoms with E-state index in [9.17, 15) is 14.4 Å². The summed E-state index contributed by atoms with van der Waals surface area (Å²) in [7, 11) is 0. The second-order valence-electron chi connectivity index (χ2n) is 6.58. The van der Waals surface area contributed by atoms with Crippen molar-refractivity contribution in [2.75, 3.05) is 32.9 Å². The van der Waals surface area contributed by atoms with E-state index < -0.39 is 0 Å². The van der Waals surface area contributed by atoms with Crippen LogP contribution in [0.25, 0.3) is 6.08 Å². The molecular weight excluding hydrogens is 358 g/mol. The van der Waals surface area contributed by atoms with Crippen molar-refractivity contribution < 1.29 is 23.9 Å². The number of para-hydroxylation sites is 1. The van der Waals surface area contributed by atoms with E-state index in [1.54, 1.807) is 59.5 Å². The van der Waals surface area contributed by atoms with Gasteiger partial charge in [0.15, 0.2) is 18.2 Å². The first-order valence-electron chi connectivity index (χ1n) is 9.12. The van der Waals surface area contributed by atoms with E-state index in [0.717, 1.165) is 0 Å². The summed E-state index contributed by atoms with van der Waals surface area (Å²) >= 11 is 0. The van der Waals surface area contributed by atoms with Gasteiger partial charge in [0.05, 0.1) is 18.8 Å². The van der Waals surface area contributed by atoms with E-state index in [4.69, 9.17) is 9.47 Å². The third kappa shape index (κ3) is 3.46. The predicted molar refractivity (Wildman–Crippen MR) is 102 cm³/mol. The van der Waals surface area contributed by atoms with E-state index in [-0.39, 0.29) is 29.7 Å². The highest BCUT2D eigenvalue weighted by Crippen LogP contribution is 2.30. The lowest BCUT2D eigenvalue weighted by Gasteiger charge is -2.26. The van der Waals surface area contributed by atoms with Crippen molar-refractivity contribution in [2.45, 2.75) is 0 Å². The molecule has 1 saturated heterocycles. The van der Waals surface area contributed by atoms with E-state index in [2.05, 4.69) is 0 Å². The third-order valence-electron chi connectivity index (χ3n) is 4.84. The molecule has 0 N–H and O–H groups in total. The van der Waals surface area contributed by atoms with Gasteiger partial charge in [0.2, 0.25) is 0 Å². The summed E-state index contributed by atoms with van der Waals surface area (Å²) in [5.41, 5.74) is 1.53. The number of fused-ring (bicyclic) bond motifs is 1. The van der Waals surface area contributed by atoms with Crippen molar-refractivity contribution in [1.29, 1.82) is 0 Å². The second kappa shape index (κ2) is 7.78. The minimum absolute atomic E-state index is 0.108. The molecule has 1 heterocycles. The van der Waals surface area contributed by atoms with Crippen LogP contribution in [0.2, 0.25) is 0 Å². The van der Waals surface area contributed by atoms with Crippen LogP contribution in [0.15, 0.2) is 54.1 Å². The third-order valence-corrected chi connectivity index (χ3v) is 4.84. The zero-order valence-corrected chi connectivity index (χ0v) is 15.2. The van der Waals surface area contributed by atoms with Crippen molar-refractivity contribution in [3.05, 3.63) is 70.8 Å². The number of ether oxygens (including phenoxy) is 2. The van der Waals surface area contributed by atoms with Gasteiger partial charge in [0, 0.05) is 29.8 Å². The van der Waals surface area contributed by atoms with Crippen molar-refractivity contribution in [2.24, 2.45) is 0 Å². The van der Waals surface area contributed by atoms with E-state index in [1.165, 1.54) is 0 Å². The molecule has 2 aliphatic rings. The minimum atomic E-state index is -0.292. The smallest absolute Gasteiger partial charge is 0.260 e. The number of ketones is 2. The van der Waals surface area contributed by atoms with E-state index >= 15 is 0 Å². The van der Waals surface area contributed by atoms with Crippen molar-refractivity contribution >= 4 is 23.5 Å². The fourth-order valence-corrected chi connectivity index (χ4v) is 3.33. The quantitative estimate of drug-likeness (QED) is 0.604. The number of benzene rings is 2. The molecule has 1 aliphatic carbocycles. The summed E-state index contributed by atoms with van der Waals surface area (Å²) < 4.78 is 11.0. The Morgan fingerprint density at radius 2 is 1.57 bits per heavy atom. The van der Waals surface area contributed by atoms with Crippen LogP contribution in [0.4, 0.5) is 0 Å². The Hall–Kier alpha value is -3.25. The topological polar surface area (TPSA) is 72.9 Å². The van der Waals surface area contributed by atoms with Gasteiger partial charge in [-0.3, -0.25) is 14.4 Å². The molecule has 4 rings (SSSR count). The van der Waals surface area contributed by atoms with E-state index in [1.807, 2.05) is 0 Å². The normalized spacial score (nSPS) is 16.1. The summed E-state index contributed by atoms with van der Waals surface area (Å²) in [4.78, 5) is 39.2. The molecule has 28 heavy (non-hydrogen) atoms. The average molecular weight is 377 g/mol. The van der Waals surface area contributed by atoms with Gasteiger partial charge in [-0.2, -0.15) is 0 Å². The molecule has 6 nitrogen and oxygen atoms in total. The zero-order chi connectivity index (χ0) is 19.5. The Balaban J connectivity index is 1.54. The zero-order valence-electron chi connectivity index (χ0n) is 15.2. The Morgan fingerprint density at radius 1 is 0.964 bits per heavy atom. The van der Waals surface area contributed by atoms with Crippen LogP contribution >= 0.6 is 0 Å². The standard InChI is InChI=1S/C22H19NO5/c24-20(23-9-11-27-12-10-23)14-28-19-8-4-1-5-15(19)13-18-21(25)16-6-2-3-7-17(16)22(18)26/h1-8,13H,9-12,14H2. The summed E-state index contributed by atoms with van der Waals surface area (Å²) in [6.45, 7) is 2.05. The molecule has 0 radical (unpaired) electrons. The van der Waals surface area contributed by atoms with Gasteiger partial charge in [-0.25, -0.2) is 0 Å². The van der Waals surface area contributed by atoms with Crippen LogP contribution in [-0.2, 0) is 9.53 Å². The number of rotatable bonds is 4. The number of hydrogen-bond acceptors (Lipinski definition) is 5. The van der Waals surface area contributed by atoms with Gasteiger partial charge >= 0.3 is 0 Å². The van der Waals surface area contributed by atoms with Crippen LogP contribution in [0.3, 0.4) is 0 Å². The van der Waals surface area contributed by atoms with Crippen molar-refractivity contribution in [1.82, 2.24) is 4.90 Å². The molecule has 0 atom stereocenters. The highest BCUT2D eigenvalue weighted by Gasteiger charge is 2.32. The number of allylic oxidation sites excluding steroid dienone is 1. The fourth-order valence-electron chi connectivity index (χ4n) is 3.33. The molecule has 0 saturated carbocycles. The van der Waals surface area contributed by atoms with E-state index in [0.29, 0.717) is 48.7 Å². The summed E-state index contributed by atoms with van der Waals surface area (Å²) in [5, 5.41) is 0. The number of Topliss-reactive ketones (excluding diaryl/α,β-unsaturated/α-hetero) is 2. The molecule has 2 aromatic carbocycles. The maximum Gasteiger partial charge on any atom is 0.260 e. The summed E-state index contributed by atoms with van der Waals surface area (Å²) in [5.74, 6) is -0.251. The van der Waals surface area contributed by atoms with Crippen LogP contribution in [-0.4, -0.2) is 55.3 Å². The predicted octanol–water partition coefficient (Wildman–Crippen LogP) is 2.39. The number of carbonyl (C=O) groups is 3. The molecule has 1 fully saturated rings. The molecule has 0 unspecified atom stereocenters. The summed E-state index contributed by atoms with van der Waals surface area (Å²) in [6.07, 6.45) is 1.54. The molecule has 6 heteroatoms. The number of nitrogens with zero attached hydrogens (tertiary/aromatic N) is 1. The molecule has 2 aromatic rings. The van der Waals surface area contributed by atoms with Gasteiger partial charge in [0.25, 0.3) is 5.91 Å². The molecule has 0 bridgehead atoms. The molecule has 0 spiro atoms. The number of amides is 1. The molecule has 142 valence electrons. The number of hydrogen-bond donors (Lipinski definition) is 0. The maximum atomic E-state index is 12.6. The average Bonchev–Trinajstić information content (AvgIpc) is 2.98. The first kappa shape index (κ1) is 18.1. The first-order valence-corrected chi connectivity index (χ1v) is 9.12. The molecule has 0 aromatic heterocycles. The second-order valence-corrected chi connectivity index (χ2v) is 6.58. The van der Waals surface area contributed by atoms with Crippen molar-refractivity contribution in [3.63, 3.8) is 0 Å². The minimum Gasteiger partial charge on any atom is -0.483 e. The summed E-state index contributed by atoms with van der Waals surface area (Å²) in [6, 6.07) is 13.8. The Morgan fingerprint density at radius 3 is 2.25 bits per heavy atom. The Labute approximate surface area is 162 Å². The highest BCUT2D eigenvalue weighted by molar-refractivity contribution is 6.41. The Bertz CT molecular complexity index is 935. The molecule has 1 amide bonds. The van der Waals surface area contributed by atoms with Gasteiger partial charge < -0.3 is 14.4 Å². The fraction of sp³-hybridized carbons (Fsp3) is 0.227. The van der Waals surface area contributed by atoms with Gasteiger partial charge in [-0.1, -0.05) is 42.5 Å². The molecular formula is C22H19NO5. The van der Waals surface area contributed by atoms with Gasteiger partial charge in [0.1, 0.15) is 5.75 Å². The highest BCUT2D eigenvalue weighted by atomic mass is 16.5. The van der Waals surface area contributed by atoms with Crippen LogP contribution in [0.5, 0.6) is 5.75 Å². The first-order chi connectivity index (χ1) is 13.6. The monoisotopic (exact) mass is 377 g/mol. The lowest BCUT2D eigenvalue weighted by molar-refractivity contribution is -0.137. The SMILES string of the molecule is O=C1C(=Cc2ccccc2OCC(=O)N2CCOCC2)C(=O)c2ccccc21. The number of carbonyl (C=O) groups excluding carboxylic acids is 3. The maximum absolute atomic E-state index is 12.6. The lowest BCUT2D eigenvalue weighted by Crippen LogP contribution is -2.43. The Kier molecular flexibility index (Phi) is 5.04. The van der Waals surface area contributed by atoms with Gasteiger partial charge in [-0.05, 0) is 12.1 Å². The van der Waals surface area contributed by atoms with Crippen LogP contribution in [0.1, 0.15) is 26.3 Å². The van der Waals surface area contributed by atoms with Crippen LogP contribution < -0.4 is 4.74 Å².